The zero-order chi connectivity index (χ0) is 20.3. The van der Waals surface area contributed by atoms with Gasteiger partial charge in [-0.3, -0.25) is 14.5 Å². The van der Waals surface area contributed by atoms with E-state index in [1.54, 1.807) is 37.1 Å². The number of ether oxygens (including phenoxy) is 3. The average Bonchev–Trinajstić information content (AvgIpc) is 3.11. The number of hydrogen-bond donors (Lipinski definition) is 1. The number of sulfone groups is 1. The average molecular weight is 412 g/mol. The van der Waals surface area contributed by atoms with Crippen molar-refractivity contribution in [3.05, 3.63) is 23.8 Å². The molecule has 1 N–H and O–H groups in total. The first kappa shape index (κ1) is 20.6. The lowest BCUT2D eigenvalue weighted by molar-refractivity contribution is -0.123. The molecule has 28 heavy (non-hydrogen) atoms. The van der Waals surface area contributed by atoms with Gasteiger partial charge < -0.3 is 19.5 Å². The Kier molecular flexibility index (Phi) is 6.21. The van der Waals surface area contributed by atoms with Gasteiger partial charge in [-0.2, -0.15) is 0 Å². The first-order valence-electron chi connectivity index (χ1n) is 8.98. The highest BCUT2D eigenvalue weighted by Gasteiger charge is 2.34. The number of fused-ring (bicyclic) bond motifs is 1. The molecule has 154 valence electrons. The van der Waals surface area contributed by atoms with Gasteiger partial charge in [-0.1, -0.05) is 0 Å². The lowest BCUT2D eigenvalue weighted by atomic mass is 10.0. The van der Waals surface area contributed by atoms with Gasteiger partial charge in [0.05, 0.1) is 43.3 Å². The number of Topliss-reactive ketones (excluding diaryl/α,β-unsaturated/α-hetero) is 1. The third-order valence-corrected chi connectivity index (χ3v) is 6.54. The Hall–Kier alpha value is -2.17. The number of benzene rings is 1. The molecular weight excluding hydrogens is 388 g/mol. The van der Waals surface area contributed by atoms with Crippen molar-refractivity contribution in [1.82, 2.24) is 10.2 Å². The standard InChI is InChI=1S/C18H24N2O7S/c1-12(18(22)13-3-4-15-16(7-13)27-11-26-15)20(2)10-19-17(21)5-6-25-14-8-28(23,24)9-14/h3-4,7,12,14H,5-6,8-11H2,1-2H3,(H,19,21). The van der Waals surface area contributed by atoms with Gasteiger partial charge in [0.1, 0.15) is 0 Å². The van der Waals surface area contributed by atoms with Crippen LogP contribution in [0.4, 0.5) is 0 Å². The Morgan fingerprint density at radius 3 is 2.71 bits per heavy atom. The molecule has 2 aliphatic heterocycles. The van der Waals surface area contributed by atoms with Gasteiger partial charge in [-0.25, -0.2) is 8.42 Å². The van der Waals surface area contributed by atoms with Crippen LogP contribution >= 0.6 is 0 Å². The first-order chi connectivity index (χ1) is 13.2. The summed E-state index contributed by atoms with van der Waals surface area (Å²) in [6, 6.07) is 4.61. The van der Waals surface area contributed by atoms with Crippen molar-refractivity contribution in [2.45, 2.75) is 25.5 Å². The van der Waals surface area contributed by atoms with Crippen molar-refractivity contribution in [3.8, 4) is 11.5 Å². The topological polar surface area (TPSA) is 111 Å². The van der Waals surface area contributed by atoms with Crippen LogP contribution in [0.5, 0.6) is 11.5 Å². The molecule has 0 radical (unpaired) electrons. The largest absolute Gasteiger partial charge is 0.454 e. The molecule has 2 heterocycles. The summed E-state index contributed by atoms with van der Waals surface area (Å²) in [5.74, 6) is 0.898. The second-order valence-corrected chi connectivity index (χ2v) is 9.10. The summed E-state index contributed by atoms with van der Waals surface area (Å²) in [5.41, 5.74) is 0.513. The molecule has 1 unspecified atom stereocenters. The second kappa shape index (κ2) is 8.46. The summed E-state index contributed by atoms with van der Waals surface area (Å²) in [6.45, 7) is 2.28. The SMILES string of the molecule is CC(C(=O)c1ccc2c(c1)OCO2)N(C)CNC(=O)CCOC1CS(=O)(=O)C1. The van der Waals surface area contributed by atoms with Crippen LogP contribution in [-0.2, 0) is 19.4 Å². The first-order valence-corrected chi connectivity index (χ1v) is 10.8. The lowest BCUT2D eigenvalue weighted by Gasteiger charge is -2.26. The molecule has 9 nitrogen and oxygen atoms in total. The van der Waals surface area contributed by atoms with Crippen LogP contribution in [0.25, 0.3) is 0 Å². The van der Waals surface area contributed by atoms with E-state index in [0.29, 0.717) is 17.1 Å². The van der Waals surface area contributed by atoms with Crippen LogP contribution in [-0.4, -0.2) is 75.8 Å². The summed E-state index contributed by atoms with van der Waals surface area (Å²) >= 11 is 0. The van der Waals surface area contributed by atoms with Crippen LogP contribution in [0.15, 0.2) is 18.2 Å². The molecule has 2 aliphatic rings. The number of rotatable bonds is 9. The highest BCUT2D eigenvalue weighted by molar-refractivity contribution is 7.92. The maximum atomic E-state index is 12.6. The van der Waals surface area contributed by atoms with Crippen molar-refractivity contribution in [1.29, 1.82) is 0 Å². The molecule has 1 amide bonds. The monoisotopic (exact) mass is 412 g/mol. The van der Waals surface area contributed by atoms with E-state index < -0.39 is 15.9 Å². The van der Waals surface area contributed by atoms with E-state index in [1.165, 1.54) is 0 Å². The Morgan fingerprint density at radius 1 is 1.29 bits per heavy atom. The molecule has 0 saturated carbocycles. The molecule has 10 heteroatoms. The van der Waals surface area contributed by atoms with E-state index in [2.05, 4.69) is 5.32 Å². The molecule has 0 aliphatic carbocycles. The Balaban J connectivity index is 1.39. The Labute approximate surface area is 163 Å². The van der Waals surface area contributed by atoms with Gasteiger partial charge in [0.15, 0.2) is 27.1 Å². The van der Waals surface area contributed by atoms with Crippen LogP contribution in [0.2, 0.25) is 0 Å². The van der Waals surface area contributed by atoms with Gasteiger partial charge in [-0.05, 0) is 32.2 Å². The van der Waals surface area contributed by atoms with E-state index in [4.69, 9.17) is 14.2 Å². The molecule has 1 saturated heterocycles. The number of amides is 1. The number of carbonyl (C=O) groups excluding carboxylic acids is 2. The minimum absolute atomic E-state index is 0.0246. The second-order valence-electron chi connectivity index (χ2n) is 6.94. The fourth-order valence-electron chi connectivity index (χ4n) is 2.86. The number of nitrogens with zero attached hydrogens (tertiary/aromatic N) is 1. The Bertz CT molecular complexity index is 843. The van der Waals surface area contributed by atoms with Crippen molar-refractivity contribution in [2.24, 2.45) is 0 Å². The van der Waals surface area contributed by atoms with Crippen molar-refractivity contribution < 1.29 is 32.2 Å². The van der Waals surface area contributed by atoms with Crippen molar-refractivity contribution >= 4 is 21.5 Å². The van der Waals surface area contributed by atoms with Crippen LogP contribution in [0.3, 0.4) is 0 Å². The summed E-state index contributed by atoms with van der Waals surface area (Å²) in [4.78, 5) is 26.3. The minimum Gasteiger partial charge on any atom is -0.454 e. The maximum Gasteiger partial charge on any atom is 0.231 e. The van der Waals surface area contributed by atoms with Gasteiger partial charge in [-0.15, -0.1) is 0 Å². The zero-order valence-electron chi connectivity index (χ0n) is 15.8. The quantitative estimate of drug-likeness (QED) is 0.452. The van der Waals surface area contributed by atoms with E-state index in [1.807, 2.05) is 0 Å². The van der Waals surface area contributed by atoms with E-state index >= 15 is 0 Å². The van der Waals surface area contributed by atoms with Gasteiger partial charge >= 0.3 is 0 Å². The highest BCUT2D eigenvalue weighted by Crippen LogP contribution is 2.32. The summed E-state index contributed by atoms with van der Waals surface area (Å²) in [6.07, 6.45) is -0.172. The van der Waals surface area contributed by atoms with Crippen molar-refractivity contribution in [2.75, 3.05) is 38.6 Å². The third-order valence-electron chi connectivity index (χ3n) is 4.79. The number of carbonyl (C=O) groups is 2. The molecule has 0 aromatic heterocycles. The van der Waals surface area contributed by atoms with E-state index in [0.717, 1.165) is 0 Å². The zero-order valence-corrected chi connectivity index (χ0v) is 16.7. The maximum absolute atomic E-state index is 12.6. The molecular formula is C18H24N2O7S. The molecule has 1 fully saturated rings. The molecule has 0 spiro atoms. The minimum atomic E-state index is -2.93. The summed E-state index contributed by atoms with van der Waals surface area (Å²) in [7, 11) is -1.18. The van der Waals surface area contributed by atoms with E-state index in [-0.39, 0.29) is 55.8 Å². The van der Waals surface area contributed by atoms with Crippen molar-refractivity contribution in [3.63, 3.8) is 0 Å². The predicted octanol–water partition coefficient (Wildman–Crippen LogP) is 0.196. The molecule has 1 atom stereocenters. The lowest BCUT2D eigenvalue weighted by Crippen LogP contribution is -2.45. The smallest absolute Gasteiger partial charge is 0.231 e. The Morgan fingerprint density at radius 2 is 2.00 bits per heavy atom. The van der Waals surface area contributed by atoms with Gasteiger partial charge in [0.25, 0.3) is 0 Å². The number of hydrogen-bond acceptors (Lipinski definition) is 8. The molecule has 1 aromatic carbocycles. The fourth-order valence-corrected chi connectivity index (χ4v) is 4.09. The highest BCUT2D eigenvalue weighted by atomic mass is 32.2. The van der Waals surface area contributed by atoms with Crippen LogP contribution in [0.1, 0.15) is 23.7 Å². The molecule has 3 rings (SSSR count). The molecule has 1 aromatic rings. The van der Waals surface area contributed by atoms with Gasteiger partial charge in [0, 0.05) is 5.56 Å². The normalized spacial score (nSPS) is 18.5. The number of nitrogens with one attached hydrogen (secondary N) is 1. The summed E-state index contributed by atoms with van der Waals surface area (Å²) < 4.78 is 38.0. The number of likely N-dealkylation sites (N-methyl/N-ethyl adjacent to an activating group) is 1. The molecule has 0 bridgehead atoms. The summed E-state index contributed by atoms with van der Waals surface area (Å²) in [5, 5.41) is 2.73. The predicted molar refractivity (Wildman–Crippen MR) is 100 cm³/mol. The van der Waals surface area contributed by atoms with Crippen LogP contribution < -0.4 is 14.8 Å². The number of ketones is 1. The van der Waals surface area contributed by atoms with Crippen LogP contribution in [0, 0.1) is 0 Å². The fraction of sp³-hybridized carbons (Fsp3) is 0.556. The van der Waals surface area contributed by atoms with Gasteiger partial charge in [0.2, 0.25) is 12.7 Å². The van der Waals surface area contributed by atoms with E-state index in [9.17, 15) is 18.0 Å². The third kappa shape index (κ3) is 5.00.